The van der Waals surface area contributed by atoms with E-state index in [1.54, 1.807) is 0 Å². The van der Waals surface area contributed by atoms with Crippen molar-refractivity contribution in [1.82, 2.24) is 0 Å². The van der Waals surface area contributed by atoms with E-state index >= 15 is 0 Å². The molecular formula is C18H23NO. The van der Waals surface area contributed by atoms with E-state index in [1.807, 2.05) is 0 Å². The average molecular weight is 269 g/mol. The van der Waals surface area contributed by atoms with Gasteiger partial charge in [-0.05, 0) is 29.9 Å². The normalized spacial score (nSPS) is 11.8. The van der Waals surface area contributed by atoms with Crippen LogP contribution < -0.4 is 0 Å². The van der Waals surface area contributed by atoms with Crippen LogP contribution in [-0.4, -0.2) is 0 Å². The number of hydrogen-bond donors (Lipinski definition) is 0. The molecule has 2 aromatic rings. The van der Waals surface area contributed by atoms with Crippen LogP contribution in [0.15, 0.2) is 16.5 Å². The van der Waals surface area contributed by atoms with Gasteiger partial charge in [0.2, 0.25) is 5.76 Å². The number of hydrogen-bond acceptors (Lipinski definition) is 2. The molecule has 0 aliphatic rings. The van der Waals surface area contributed by atoms with Crippen LogP contribution in [0.2, 0.25) is 0 Å². The third kappa shape index (κ3) is 2.45. The zero-order valence-electron chi connectivity index (χ0n) is 13.1. The summed E-state index contributed by atoms with van der Waals surface area (Å²) in [5.74, 6) is 0.487. The minimum absolute atomic E-state index is 0.0114. The Balaban J connectivity index is 2.85. The van der Waals surface area contributed by atoms with Crippen molar-refractivity contribution in [3.05, 3.63) is 34.6 Å². The van der Waals surface area contributed by atoms with Gasteiger partial charge in [-0.2, -0.15) is 5.26 Å². The van der Waals surface area contributed by atoms with E-state index in [-0.39, 0.29) is 5.41 Å². The Hall–Kier alpha value is -1.75. The van der Waals surface area contributed by atoms with Gasteiger partial charge in [-0.15, -0.1) is 0 Å². The van der Waals surface area contributed by atoms with Crippen LogP contribution >= 0.6 is 0 Å². The number of fused-ring (bicyclic) bond motifs is 1. The number of nitrogens with zero attached hydrogens (tertiary/aromatic N) is 1. The number of furan rings is 1. The molecule has 0 saturated heterocycles. The lowest BCUT2D eigenvalue weighted by Gasteiger charge is -2.20. The first-order valence-corrected chi connectivity index (χ1v) is 7.41. The highest BCUT2D eigenvalue weighted by Gasteiger charge is 2.23. The Morgan fingerprint density at radius 1 is 1.20 bits per heavy atom. The summed E-state index contributed by atoms with van der Waals surface area (Å²) in [6, 6.07) is 6.64. The third-order valence-corrected chi connectivity index (χ3v) is 3.77. The average Bonchev–Trinajstić information content (AvgIpc) is 2.75. The Morgan fingerprint density at radius 2 is 1.90 bits per heavy atom. The van der Waals surface area contributed by atoms with Crippen molar-refractivity contribution in [3.8, 4) is 6.07 Å². The van der Waals surface area contributed by atoms with Crippen molar-refractivity contribution in [1.29, 1.82) is 5.26 Å². The van der Waals surface area contributed by atoms with Gasteiger partial charge in [0.15, 0.2) is 0 Å². The molecule has 0 spiro atoms. The predicted molar refractivity (Wildman–Crippen MR) is 83.0 cm³/mol. The number of benzene rings is 1. The highest BCUT2D eigenvalue weighted by Crippen LogP contribution is 2.36. The monoisotopic (exact) mass is 269 g/mol. The zero-order chi connectivity index (χ0) is 14.9. The molecule has 0 saturated carbocycles. The molecule has 0 bridgehead atoms. The van der Waals surface area contributed by atoms with Crippen LogP contribution in [0.4, 0.5) is 0 Å². The summed E-state index contributed by atoms with van der Waals surface area (Å²) < 4.78 is 5.90. The van der Waals surface area contributed by atoms with E-state index in [9.17, 15) is 5.26 Å². The van der Waals surface area contributed by atoms with E-state index < -0.39 is 0 Å². The van der Waals surface area contributed by atoms with E-state index in [0.717, 1.165) is 35.8 Å². The van der Waals surface area contributed by atoms with Crippen LogP contribution in [0.1, 0.15) is 63.5 Å². The van der Waals surface area contributed by atoms with E-state index in [1.165, 1.54) is 11.1 Å². The molecule has 0 fully saturated rings. The second-order valence-electron chi connectivity index (χ2n) is 6.40. The Morgan fingerprint density at radius 3 is 2.40 bits per heavy atom. The molecule has 0 radical (unpaired) electrons. The molecule has 2 rings (SSSR count). The molecule has 0 N–H and O–H groups in total. The van der Waals surface area contributed by atoms with Gasteiger partial charge >= 0.3 is 0 Å². The summed E-state index contributed by atoms with van der Waals surface area (Å²) in [6.07, 6.45) is 2.91. The van der Waals surface area contributed by atoms with Gasteiger partial charge in [0, 0.05) is 16.5 Å². The van der Waals surface area contributed by atoms with Gasteiger partial charge in [0.1, 0.15) is 11.7 Å². The number of rotatable bonds is 3. The molecule has 1 aromatic heterocycles. The molecule has 0 aliphatic carbocycles. The molecule has 0 amide bonds. The second kappa shape index (κ2) is 5.32. The predicted octanol–water partition coefficient (Wildman–Crippen LogP) is 5.12. The molecule has 0 aliphatic heterocycles. The van der Waals surface area contributed by atoms with Crippen LogP contribution in [0, 0.1) is 11.3 Å². The Labute approximate surface area is 121 Å². The van der Waals surface area contributed by atoms with Gasteiger partial charge in [0.05, 0.1) is 0 Å². The standard InChI is InChI=1S/C18H23NO/c1-6-8-13-14-9-12(7-2)10-15(18(3,4)5)17(14)20-16(13)11-19/h9-10H,6-8H2,1-5H3. The van der Waals surface area contributed by atoms with Crippen molar-refractivity contribution in [2.24, 2.45) is 0 Å². The molecule has 2 nitrogen and oxygen atoms in total. The fourth-order valence-electron chi connectivity index (χ4n) is 2.66. The van der Waals surface area contributed by atoms with Gasteiger partial charge in [-0.1, -0.05) is 47.1 Å². The van der Waals surface area contributed by atoms with Gasteiger partial charge in [-0.25, -0.2) is 0 Å². The van der Waals surface area contributed by atoms with Crippen molar-refractivity contribution >= 4 is 11.0 Å². The maximum atomic E-state index is 9.32. The molecule has 106 valence electrons. The van der Waals surface area contributed by atoms with E-state index in [4.69, 9.17) is 4.42 Å². The fourth-order valence-corrected chi connectivity index (χ4v) is 2.66. The smallest absolute Gasteiger partial charge is 0.207 e. The minimum atomic E-state index is 0.0114. The lowest BCUT2D eigenvalue weighted by atomic mass is 9.84. The largest absolute Gasteiger partial charge is 0.445 e. The Kier molecular flexibility index (Phi) is 3.90. The second-order valence-corrected chi connectivity index (χ2v) is 6.40. The SMILES string of the molecule is CCCc1c(C#N)oc2c(C(C)(C)C)cc(CC)cc12. The summed E-state index contributed by atoms with van der Waals surface area (Å²) in [6.45, 7) is 10.9. The van der Waals surface area contributed by atoms with Gasteiger partial charge in [0.25, 0.3) is 0 Å². The topological polar surface area (TPSA) is 36.9 Å². The van der Waals surface area contributed by atoms with Gasteiger partial charge in [-0.3, -0.25) is 0 Å². The first-order chi connectivity index (χ1) is 9.42. The molecule has 2 heteroatoms. The maximum Gasteiger partial charge on any atom is 0.207 e. The molecule has 20 heavy (non-hydrogen) atoms. The summed E-state index contributed by atoms with van der Waals surface area (Å²) in [7, 11) is 0. The van der Waals surface area contributed by atoms with Crippen LogP contribution in [0.25, 0.3) is 11.0 Å². The van der Waals surface area contributed by atoms with Crippen molar-refractivity contribution < 1.29 is 4.42 Å². The van der Waals surface area contributed by atoms with Crippen molar-refractivity contribution in [2.75, 3.05) is 0 Å². The lowest BCUT2D eigenvalue weighted by molar-refractivity contribution is 0.549. The summed E-state index contributed by atoms with van der Waals surface area (Å²) in [4.78, 5) is 0. The molecule has 0 unspecified atom stereocenters. The van der Waals surface area contributed by atoms with Crippen molar-refractivity contribution in [2.45, 2.75) is 59.3 Å². The molecule has 1 aromatic carbocycles. The minimum Gasteiger partial charge on any atom is -0.445 e. The first-order valence-electron chi connectivity index (χ1n) is 7.41. The quantitative estimate of drug-likeness (QED) is 0.775. The fraction of sp³-hybridized carbons (Fsp3) is 0.500. The summed E-state index contributed by atoms with van der Waals surface area (Å²) in [5.41, 5.74) is 4.49. The zero-order valence-corrected chi connectivity index (χ0v) is 13.1. The first kappa shape index (κ1) is 14.7. The Bertz CT molecular complexity index is 665. The van der Waals surface area contributed by atoms with Crippen LogP contribution in [-0.2, 0) is 18.3 Å². The highest BCUT2D eigenvalue weighted by atomic mass is 16.3. The lowest BCUT2D eigenvalue weighted by Crippen LogP contribution is -2.12. The van der Waals surface area contributed by atoms with Gasteiger partial charge < -0.3 is 4.42 Å². The molecule has 1 heterocycles. The van der Waals surface area contributed by atoms with E-state index in [0.29, 0.717) is 5.76 Å². The highest BCUT2D eigenvalue weighted by molar-refractivity contribution is 5.87. The summed E-state index contributed by atoms with van der Waals surface area (Å²) >= 11 is 0. The van der Waals surface area contributed by atoms with Crippen molar-refractivity contribution in [3.63, 3.8) is 0 Å². The van der Waals surface area contributed by atoms with Crippen LogP contribution in [0.5, 0.6) is 0 Å². The van der Waals surface area contributed by atoms with Crippen LogP contribution in [0.3, 0.4) is 0 Å². The number of nitriles is 1. The maximum absolute atomic E-state index is 9.32. The third-order valence-electron chi connectivity index (χ3n) is 3.77. The summed E-state index contributed by atoms with van der Waals surface area (Å²) in [5, 5.41) is 10.5. The number of aryl methyl sites for hydroxylation is 2. The molecule has 0 atom stereocenters. The molecular weight excluding hydrogens is 246 g/mol. The van der Waals surface area contributed by atoms with E-state index in [2.05, 4.69) is 52.8 Å².